The van der Waals surface area contributed by atoms with Gasteiger partial charge in [0.15, 0.2) is 0 Å². The molecule has 0 N–H and O–H groups in total. The zero-order valence-corrected chi connectivity index (χ0v) is 8.00. The topological polar surface area (TPSA) is 35.0 Å². The molecule has 0 saturated heterocycles. The molecule has 4 heteroatoms. The van der Waals surface area contributed by atoms with E-state index in [1.807, 2.05) is 13.8 Å². The third-order valence-corrected chi connectivity index (χ3v) is 1.36. The molecule has 0 fully saturated rings. The lowest BCUT2D eigenvalue weighted by Crippen LogP contribution is -2.05. The van der Waals surface area contributed by atoms with Gasteiger partial charge in [0.05, 0.1) is 12.3 Å². The predicted octanol–water partition coefficient (Wildman–Crippen LogP) is 2.03. The van der Waals surface area contributed by atoms with Gasteiger partial charge in [-0.25, -0.2) is 0 Å². The molecule has 0 bridgehead atoms. The Morgan fingerprint density at radius 2 is 2.27 bits per heavy atom. The van der Waals surface area contributed by atoms with Gasteiger partial charge in [0.2, 0.25) is 0 Å². The molecule has 0 aliphatic carbocycles. The average molecular weight is 217 g/mol. The molecule has 0 aliphatic heterocycles. The van der Waals surface area contributed by atoms with E-state index in [-0.39, 0.29) is 6.10 Å². The van der Waals surface area contributed by atoms with E-state index in [4.69, 9.17) is 4.74 Å². The van der Waals surface area contributed by atoms with Crippen LogP contribution in [0.4, 0.5) is 0 Å². The summed E-state index contributed by atoms with van der Waals surface area (Å²) in [6.45, 7) is 3.93. The second-order valence-electron chi connectivity index (χ2n) is 2.38. The van der Waals surface area contributed by atoms with Crippen molar-refractivity contribution in [2.75, 3.05) is 0 Å². The molecule has 0 saturated carbocycles. The van der Waals surface area contributed by atoms with Crippen molar-refractivity contribution in [3.8, 4) is 5.75 Å². The lowest BCUT2D eigenvalue weighted by molar-refractivity contribution is 0.241. The van der Waals surface area contributed by atoms with Crippen molar-refractivity contribution < 1.29 is 4.74 Å². The molecule has 60 valence electrons. The lowest BCUT2D eigenvalue weighted by atomic mass is 10.4. The fourth-order valence-corrected chi connectivity index (χ4v) is 0.978. The highest BCUT2D eigenvalue weighted by molar-refractivity contribution is 9.10. The van der Waals surface area contributed by atoms with Crippen LogP contribution in [-0.2, 0) is 0 Å². The SMILES string of the molecule is CC(C)Oc1cnnc(Br)c1. The Balaban J connectivity index is 2.71. The van der Waals surface area contributed by atoms with Gasteiger partial charge in [-0.3, -0.25) is 0 Å². The number of halogens is 1. The third-order valence-electron chi connectivity index (χ3n) is 0.971. The molecule has 11 heavy (non-hydrogen) atoms. The van der Waals surface area contributed by atoms with Crippen molar-refractivity contribution >= 4 is 15.9 Å². The molecule has 1 aromatic rings. The molecule has 1 heterocycles. The molecule has 0 aromatic carbocycles. The maximum atomic E-state index is 5.36. The maximum Gasteiger partial charge on any atom is 0.142 e. The lowest BCUT2D eigenvalue weighted by Gasteiger charge is -2.07. The highest BCUT2D eigenvalue weighted by atomic mass is 79.9. The average Bonchev–Trinajstić information content (AvgIpc) is 1.85. The van der Waals surface area contributed by atoms with E-state index in [0.717, 1.165) is 5.75 Å². The molecule has 0 unspecified atom stereocenters. The first-order valence-electron chi connectivity index (χ1n) is 3.33. The Hall–Kier alpha value is -0.640. The standard InChI is InChI=1S/C7H9BrN2O/c1-5(2)11-6-3-7(8)10-9-4-6/h3-5H,1-2H3. The van der Waals surface area contributed by atoms with Gasteiger partial charge in [0.25, 0.3) is 0 Å². The zero-order valence-electron chi connectivity index (χ0n) is 6.41. The summed E-state index contributed by atoms with van der Waals surface area (Å²) < 4.78 is 6.05. The number of aromatic nitrogens is 2. The molecule has 3 nitrogen and oxygen atoms in total. The fraction of sp³-hybridized carbons (Fsp3) is 0.429. The number of ether oxygens (including phenoxy) is 1. The summed E-state index contributed by atoms with van der Waals surface area (Å²) in [6.07, 6.45) is 1.76. The highest BCUT2D eigenvalue weighted by Gasteiger charge is 1.98. The van der Waals surface area contributed by atoms with Crippen molar-refractivity contribution in [3.63, 3.8) is 0 Å². The summed E-state index contributed by atoms with van der Waals surface area (Å²) in [7, 11) is 0. The van der Waals surface area contributed by atoms with Gasteiger partial charge in [0, 0.05) is 6.07 Å². The minimum Gasteiger partial charge on any atom is -0.489 e. The normalized spacial score (nSPS) is 10.2. The van der Waals surface area contributed by atoms with Crippen molar-refractivity contribution in [1.29, 1.82) is 0 Å². The van der Waals surface area contributed by atoms with Gasteiger partial charge < -0.3 is 4.74 Å². The van der Waals surface area contributed by atoms with Crippen LogP contribution in [0.25, 0.3) is 0 Å². The van der Waals surface area contributed by atoms with Crippen LogP contribution in [0, 0.1) is 0 Å². The zero-order chi connectivity index (χ0) is 8.27. The molecule has 0 amide bonds. The van der Waals surface area contributed by atoms with Crippen LogP contribution in [0.2, 0.25) is 0 Å². The van der Waals surface area contributed by atoms with Crippen LogP contribution in [0.1, 0.15) is 13.8 Å². The fourth-order valence-electron chi connectivity index (χ4n) is 0.661. The number of hydrogen-bond donors (Lipinski definition) is 0. The summed E-state index contributed by atoms with van der Waals surface area (Å²) in [5, 5.41) is 7.45. The Bertz CT molecular complexity index is 240. The predicted molar refractivity (Wildman–Crippen MR) is 45.5 cm³/mol. The van der Waals surface area contributed by atoms with E-state index in [0.29, 0.717) is 4.60 Å². The molecule has 0 aliphatic rings. The van der Waals surface area contributed by atoms with E-state index in [1.54, 1.807) is 12.3 Å². The summed E-state index contributed by atoms with van der Waals surface area (Å²) in [4.78, 5) is 0. The van der Waals surface area contributed by atoms with Gasteiger partial charge in [0.1, 0.15) is 10.4 Å². The molecule has 1 aromatic heterocycles. The van der Waals surface area contributed by atoms with Crippen LogP contribution in [0.3, 0.4) is 0 Å². The Morgan fingerprint density at radius 3 is 2.82 bits per heavy atom. The van der Waals surface area contributed by atoms with Gasteiger partial charge in [-0.1, -0.05) is 0 Å². The monoisotopic (exact) mass is 216 g/mol. The van der Waals surface area contributed by atoms with E-state index >= 15 is 0 Å². The van der Waals surface area contributed by atoms with E-state index < -0.39 is 0 Å². The van der Waals surface area contributed by atoms with Crippen LogP contribution >= 0.6 is 15.9 Å². The summed E-state index contributed by atoms with van der Waals surface area (Å²) >= 11 is 3.20. The van der Waals surface area contributed by atoms with E-state index in [2.05, 4.69) is 26.1 Å². The highest BCUT2D eigenvalue weighted by Crippen LogP contribution is 2.14. The Labute approximate surface area is 73.9 Å². The van der Waals surface area contributed by atoms with Crippen LogP contribution in [0.15, 0.2) is 16.9 Å². The summed E-state index contributed by atoms with van der Waals surface area (Å²) in [6, 6.07) is 1.78. The van der Waals surface area contributed by atoms with E-state index in [9.17, 15) is 0 Å². The summed E-state index contributed by atoms with van der Waals surface area (Å²) in [5.74, 6) is 0.738. The number of nitrogens with zero attached hydrogens (tertiary/aromatic N) is 2. The van der Waals surface area contributed by atoms with Crippen LogP contribution in [-0.4, -0.2) is 16.3 Å². The Kier molecular flexibility index (Phi) is 2.82. The molecule has 1 rings (SSSR count). The quantitative estimate of drug-likeness (QED) is 0.760. The largest absolute Gasteiger partial charge is 0.489 e. The van der Waals surface area contributed by atoms with Crippen molar-refractivity contribution in [2.45, 2.75) is 20.0 Å². The minimum absolute atomic E-state index is 0.172. The van der Waals surface area contributed by atoms with Crippen molar-refractivity contribution in [1.82, 2.24) is 10.2 Å². The van der Waals surface area contributed by atoms with Crippen LogP contribution < -0.4 is 4.74 Å². The smallest absolute Gasteiger partial charge is 0.142 e. The van der Waals surface area contributed by atoms with Crippen molar-refractivity contribution in [3.05, 3.63) is 16.9 Å². The third kappa shape index (κ3) is 2.84. The van der Waals surface area contributed by atoms with Gasteiger partial charge in [-0.15, -0.1) is 5.10 Å². The molecule has 0 radical (unpaired) electrons. The summed E-state index contributed by atoms with van der Waals surface area (Å²) in [5.41, 5.74) is 0. The molecular formula is C7H9BrN2O. The molecule has 0 atom stereocenters. The van der Waals surface area contributed by atoms with Gasteiger partial charge in [-0.05, 0) is 29.8 Å². The first kappa shape index (κ1) is 8.46. The Morgan fingerprint density at radius 1 is 1.55 bits per heavy atom. The van der Waals surface area contributed by atoms with Crippen molar-refractivity contribution in [2.24, 2.45) is 0 Å². The first-order chi connectivity index (χ1) is 5.18. The second kappa shape index (κ2) is 3.67. The maximum absolute atomic E-state index is 5.36. The number of rotatable bonds is 2. The first-order valence-corrected chi connectivity index (χ1v) is 4.12. The van der Waals surface area contributed by atoms with Crippen LogP contribution in [0.5, 0.6) is 5.75 Å². The van der Waals surface area contributed by atoms with Gasteiger partial charge >= 0.3 is 0 Å². The molecular weight excluding hydrogens is 208 g/mol. The second-order valence-corrected chi connectivity index (χ2v) is 3.19. The van der Waals surface area contributed by atoms with Gasteiger partial charge in [-0.2, -0.15) is 5.10 Å². The van der Waals surface area contributed by atoms with E-state index in [1.165, 1.54) is 0 Å². The number of hydrogen-bond acceptors (Lipinski definition) is 3. The minimum atomic E-state index is 0.172. The molecule has 0 spiro atoms.